The van der Waals surface area contributed by atoms with E-state index in [4.69, 9.17) is 9.47 Å². The van der Waals surface area contributed by atoms with E-state index in [2.05, 4.69) is 9.82 Å². The molecule has 0 radical (unpaired) electrons. The summed E-state index contributed by atoms with van der Waals surface area (Å²) >= 11 is 0. The second-order valence-corrected chi connectivity index (χ2v) is 7.61. The van der Waals surface area contributed by atoms with Crippen molar-refractivity contribution in [3.05, 3.63) is 76.0 Å². The number of fused-ring (bicyclic) bond motifs is 1. The minimum absolute atomic E-state index is 0.0641. The summed E-state index contributed by atoms with van der Waals surface area (Å²) in [5, 5.41) is 10.5. The van der Waals surface area contributed by atoms with Crippen molar-refractivity contribution in [3.63, 3.8) is 0 Å². The topological polar surface area (TPSA) is 107 Å². The van der Waals surface area contributed by atoms with Crippen molar-refractivity contribution in [2.75, 3.05) is 20.3 Å². The van der Waals surface area contributed by atoms with Gasteiger partial charge >= 0.3 is 0 Å². The standard InChI is InChI=1S/C23H27N3O6/c1-16(2)25(23(27)18-9-7-17(8-10-18)14-32-26(28)29)13-19(30-3)15-31-22-6-4-5-21-20(22)11-12-24-21/h4-12,16,19,24H,13-15H2,1-3H3. The molecule has 3 rings (SSSR count). The van der Waals surface area contributed by atoms with E-state index in [9.17, 15) is 14.9 Å². The predicted octanol–water partition coefficient (Wildman–Crippen LogP) is 3.82. The Labute approximate surface area is 186 Å². The Kier molecular flexibility index (Phi) is 7.67. The SMILES string of the molecule is COC(COc1cccc2[nH]ccc12)CN(C(=O)c1ccc(CO[N+](=O)[O-])cc1)C(C)C. The van der Waals surface area contributed by atoms with Crippen LogP contribution in [-0.4, -0.2) is 53.3 Å². The number of hydrogen-bond donors (Lipinski definition) is 1. The molecule has 1 N–H and O–H groups in total. The second kappa shape index (κ2) is 10.6. The summed E-state index contributed by atoms with van der Waals surface area (Å²) in [5.74, 6) is 0.595. The van der Waals surface area contributed by atoms with Crippen LogP contribution in [0.1, 0.15) is 29.8 Å². The maximum absolute atomic E-state index is 13.1. The van der Waals surface area contributed by atoms with Crippen molar-refractivity contribution in [1.82, 2.24) is 9.88 Å². The molecule has 1 atom stereocenters. The minimum atomic E-state index is -0.844. The Morgan fingerprint density at radius 3 is 2.56 bits per heavy atom. The smallest absolute Gasteiger partial charge is 0.294 e. The van der Waals surface area contributed by atoms with Crippen LogP contribution >= 0.6 is 0 Å². The summed E-state index contributed by atoms with van der Waals surface area (Å²) in [7, 11) is 1.60. The van der Waals surface area contributed by atoms with Crippen LogP contribution in [0, 0.1) is 10.1 Å². The molecule has 2 aromatic carbocycles. The first-order valence-electron chi connectivity index (χ1n) is 10.3. The van der Waals surface area contributed by atoms with E-state index >= 15 is 0 Å². The fourth-order valence-electron chi connectivity index (χ4n) is 3.34. The number of methoxy groups -OCH3 is 1. The molecule has 1 amide bonds. The Bertz CT molecular complexity index is 1050. The number of carbonyl (C=O) groups is 1. The molecule has 0 aliphatic heterocycles. The van der Waals surface area contributed by atoms with Gasteiger partial charge in [-0.2, -0.15) is 0 Å². The molecule has 170 valence electrons. The summed E-state index contributed by atoms with van der Waals surface area (Å²) < 4.78 is 11.6. The summed E-state index contributed by atoms with van der Waals surface area (Å²) in [6.07, 6.45) is 1.53. The van der Waals surface area contributed by atoms with Gasteiger partial charge in [0.15, 0.2) is 0 Å². The number of aromatic amines is 1. The van der Waals surface area contributed by atoms with Crippen LogP contribution in [0.3, 0.4) is 0 Å². The molecule has 0 saturated heterocycles. The van der Waals surface area contributed by atoms with Crippen LogP contribution in [0.4, 0.5) is 0 Å². The normalized spacial score (nSPS) is 12.0. The van der Waals surface area contributed by atoms with Crippen molar-refractivity contribution in [3.8, 4) is 5.75 Å². The van der Waals surface area contributed by atoms with Crippen molar-refractivity contribution in [2.24, 2.45) is 0 Å². The van der Waals surface area contributed by atoms with Crippen molar-refractivity contribution >= 4 is 16.8 Å². The quantitative estimate of drug-likeness (QED) is 0.358. The first-order chi connectivity index (χ1) is 15.4. The molecule has 0 spiro atoms. The molecule has 0 aliphatic rings. The average Bonchev–Trinajstić information content (AvgIpc) is 3.27. The fraction of sp³-hybridized carbons (Fsp3) is 0.348. The number of hydrogen-bond acceptors (Lipinski definition) is 6. The van der Waals surface area contributed by atoms with Gasteiger partial charge in [-0.15, -0.1) is 10.1 Å². The highest BCUT2D eigenvalue weighted by atomic mass is 16.9. The number of amides is 1. The molecule has 0 bridgehead atoms. The van der Waals surface area contributed by atoms with Crippen LogP contribution in [0.15, 0.2) is 54.7 Å². The highest BCUT2D eigenvalue weighted by molar-refractivity contribution is 5.94. The van der Waals surface area contributed by atoms with Crippen LogP contribution in [0.2, 0.25) is 0 Å². The molecule has 32 heavy (non-hydrogen) atoms. The number of ether oxygens (including phenoxy) is 2. The van der Waals surface area contributed by atoms with Gasteiger partial charge in [-0.25, -0.2) is 0 Å². The summed E-state index contributed by atoms with van der Waals surface area (Å²) in [6, 6.07) is 14.3. The monoisotopic (exact) mass is 441 g/mol. The highest BCUT2D eigenvalue weighted by Crippen LogP contribution is 2.24. The Balaban J connectivity index is 1.65. The number of aromatic nitrogens is 1. The molecular weight excluding hydrogens is 414 g/mol. The summed E-state index contributed by atoms with van der Waals surface area (Å²) in [6.45, 7) is 4.35. The van der Waals surface area contributed by atoms with Gasteiger partial charge in [0.25, 0.3) is 11.0 Å². The Morgan fingerprint density at radius 2 is 1.91 bits per heavy atom. The fourth-order valence-corrected chi connectivity index (χ4v) is 3.34. The lowest BCUT2D eigenvalue weighted by Crippen LogP contribution is -2.44. The van der Waals surface area contributed by atoms with Crippen molar-refractivity contribution in [1.29, 1.82) is 0 Å². The number of benzene rings is 2. The lowest BCUT2D eigenvalue weighted by atomic mass is 10.1. The van der Waals surface area contributed by atoms with E-state index in [1.54, 1.807) is 36.3 Å². The van der Waals surface area contributed by atoms with Crippen LogP contribution in [0.25, 0.3) is 10.9 Å². The molecule has 3 aromatic rings. The lowest BCUT2D eigenvalue weighted by Gasteiger charge is -2.30. The molecule has 0 saturated carbocycles. The van der Waals surface area contributed by atoms with E-state index in [0.717, 1.165) is 16.7 Å². The van der Waals surface area contributed by atoms with Crippen molar-refractivity contribution in [2.45, 2.75) is 32.6 Å². The zero-order chi connectivity index (χ0) is 23.1. The van der Waals surface area contributed by atoms with Crippen LogP contribution in [0.5, 0.6) is 5.75 Å². The molecule has 1 unspecified atom stereocenters. The van der Waals surface area contributed by atoms with Gasteiger partial charge in [-0.05, 0) is 49.7 Å². The van der Waals surface area contributed by atoms with Crippen molar-refractivity contribution < 1.29 is 24.2 Å². The first-order valence-corrected chi connectivity index (χ1v) is 10.3. The van der Waals surface area contributed by atoms with Gasteiger partial charge < -0.3 is 24.2 Å². The zero-order valence-corrected chi connectivity index (χ0v) is 18.3. The Hall–Kier alpha value is -3.59. The molecule has 1 aromatic heterocycles. The number of rotatable bonds is 11. The lowest BCUT2D eigenvalue weighted by molar-refractivity contribution is -0.763. The highest BCUT2D eigenvalue weighted by Gasteiger charge is 2.23. The molecule has 9 nitrogen and oxygen atoms in total. The predicted molar refractivity (Wildman–Crippen MR) is 119 cm³/mol. The maximum Gasteiger partial charge on any atom is 0.294 e. The first kappa shape index (κ1) is 23.1. The molecule has 0 fully saturated rings. The van der Waals surface area contributed by atoms with Gasteiger partial charge in [0.1, 0.15) is 25.1 Å². The van der Waals surface area contributed by atoms with E-state index in [1.165, 1.54) is 0 Å². The number of H-pyrrole nitrogens is 1. The largest absolute Gasteiger partial charge is 0.490 e. The molecule has 9 heteroatoms. The molecular formula is C23H27N3O6. The third-order valence-electron chi connectivity index (χ3n) is 5.14. The third kappa shape index (κ3) is 5.76. The van der Waals surface area contributed by atoms with Gasteiger partial charge in [-0.3, -0.25) is 4.79 Å². The Morgan fingerprint density at radius 1 is 1.16 bits per heavy atom. The number of carbonyl (C=O) groups excluding carboxylic acids is 1. The third-order valence-corrected chi connectivity index (χ3v) is 5.14. The van der Waals surface area contributed by atoms with E-state index in [0.29, 0.717) is 17.7 Å². The van der Waals surface area contributed by atoms with Crippen LogP contribution in [-0.2, 0) is 16.2 Å². The second-order valence-electron chi connectivity index (χ2n) is 7.61. The van der Waals surface area contributed by atoms with E-state index < -0.39 is 5.09 Å². The summed E-state index contributed by atoms with van der Waals surface area (Å²) in [5.41, 5.74) is 2.08. The van der Waals surface area contributed by atoms with Gasteiger partial charge in [0, 0.05) is 35.8 Å². The summed E-state index contributed by atoms with van der Waals surface area (Å²) in [4.78, 5) is 32.7. The number of nitrogens with one attached hydrogen (secondary N) is 1. The van der Waals surface area contributed by atoms with Gasteiger partial charge in [-0.1, -0.05) is 18.2 Å². The zero-order valence-electron chi connectivity index (χ0n) is 18.3. The number of nitrogens with zero attached hydrogens (tertiary/aromatic N) is 2. The van der Waals surface area contributed by atoms with E-state index in [-0.39, 0.29) is 31.3 Å². The molecule has 0 aliphatic carbocycles. The van der Waals surface area contributed by atoms with Gasteiger partial charge in [0.2, 0.25) is 0 Å². The van der Waals surface area contributed by atoms with Gasteiger partial charge in [0.05, 0.1) is 6.54 Å². The molecule has 1 heterocycles. The minimum Gasteiger partial charge on any atom is -0.490 e. The van der Waals surface area contributed by atoms with Crippen LogP contribution < -0.4 is 4.74 Å². The average molecular weight is 441 g/mol. The maximum atomic E-state index is 13.1. The van der Waals surface area contributed by atoms with E-state index in [1.807, 2.05) is 44.3 Å².